The van der Waals surface area contributed by atoms with E-state index in [0.29, 0.717) is 25.6 Å². The number of ether oxygens (including phenoxy) is 1. The summed E-state index contributed by atoms with van der Waals surface area (Å²) in [6, 6.07) is 0. The summed E-state index contributed by atoms with van der Waals surface area (Å²) in [6.45, 7) is 9.23. The molecule has 2 heterocycles. The number of nitrogens with zero attached hydrogens (tertiary/aromatic N) is 4. The fourth-order valence-electron chi connectivity index (χ4n) is 3.11. The van der Waals surface area contributed by atoms with Gasteiger partial charge in [0.1, 0.15) is 5.60 Å². The van der Waals surface area contributed by atoms with Gasteiger partial charge in [0.25, 0.3) is 0 Å². The van der Waals surface area contributed by atoms with Crippen LogP contribution in [0.2, 0.25) is 0 Å². The molecule has 1 amide bonds. The minimum atomic E-state index is -0.467. The number of carbonyl (C=O) groups excluding carboxylic acids is 1. The Morgan fingerprint density at radius 1 is 1.60 bits per heavy atom. The SMILES string of the molecule is CC(C)(C)OC(=O)N1CCC2(CNCC2CN=[N+]=[N-])C1. The molecule has 2 rings (SSSR count). The number of amides is 1. The lowest BCUT2D eigenvalue weighted by Crippen LogP contribution is -2.39. The van der Waals surface area contributed by atoms with Crippen molar-refractivity contribution in [3.05, 3.63) is 10.4 Å². The largest absolute Gasteiger partial charge is 0.444 e. The van der Waals surface area contributed by atoms with Crippen LogP contribution in [0.5, 0.6) is 0 Å². The van der Waals surface area contributed by atoms with Crippen molar-refractivity contribution in [3.63, 3.8) is 0 Å². The molecule has 0 bridgehead atoms. The molecule has 7 nitrogen and oxygen atoms in total. The average molecular weight is 281 g/mol. The molecule has 2 atom stereocenters. The molecular formula is C13H23N5O2. The zero-order valence-corrected chi connectivity index (χ0v) is 12.4. The average Bonchev–Trinajstić information content (AvgIpc) is 2.93. The van der Waals surface area contributed by atoms with Crippen molar-refractivity contribution >= 4 is 6.09 Å². The Morgan fingerprint density at radius 3 is 3.00 bits per heavy atom. The van der Waals surface area contributed by atoms with Crippen LogP contribution < -0.4 is 5.32 Å². The van der Waals surface area contributed by atoms with E-state index < -0.39 is 5.60 Å². The second kappa shape index (κ2) is 5.50. The summed E-state index contributed by atoms with van der Waals surface area (Å²) < 4.78 is 5.43. The van der Waals surface area contributed by atoms with Crippen LogP contribution in [-0.2, 0) is 4.74 Å². The van der Waals surface area contributed by atoms with Crippen molar-refractivity contribution in [1.82, 2.24) is 10.2 Å². The third kappa shape index (κ3) is 3.16. The van der Waals surface area contributed by atoms with Gasteiger partial charge in [0.15, 0.2) is 0 Å². The summed E-state index contributed by atoms with van der Waals surface area (Å²) in [6.07, 6.45) is 0.689. The number of hydrogen-bond acceptors (Lipinski definition) is 4. The van der Waals surface area contributed by atoms with Crippen molar-refractivity contribution < 1.29 is 9.53 Å². The van der Waals surface area contributed by atoms with Gasteiger partial charge in [-0.15, -0.1) is 0 Å². The van der Waals surface area contributed by atoms with Gasteiger partial charge in [-0.05, 0) is 45.2 Å². The second-order valence-electron chi connectivity index (χ2n) is 6.76. The van der Waals surface area contributed by atoms with Gasteiger partial charge in [-0.3, -0.25) is 0 Å². The van der Waals surface area contributed by atoms with Gasteiger partial charge >= 0.3 is 6.09 Å². The summed E-state index contributed by atoms with van der Waals surface area (Å²) in [4.78, 5) is 16.8. The minimum absolute atomic E-state index is 0.0328. The smallest absolute Gasteiger partial charge is 0.410 e. The van der Waals surface area contributed by atoms with Crippen molar-refractivity contribution in [3.8, 4) is 0 Å². The van der Waals surface area contributed by atoms with Crippen molar-refractivity contribution in [2.45, 2.75) is 32.8 Å². The Bertz CT molecular complexity index is 427. The molecule has 1 spiro atoms. The van der Waals surface area contributed by atoms with Gasteiger partial charge in [-0.25, -0.2) is 4.79 Å². The lowest BCUT2D eigenvalue weighted by atomic mass is 9.77. The van der Waals surface area contributed by atoms with Gasteiger partial charge in [0.2, 0.25) is 0 Å². The van der Waals surface area contributed by atoms with E-state index in [2.05, 4.69) is 15.3 Å². The molecule has 0 aliphatic carbocycles. The summed E-state index contributed by atoms with van der Waals surface area (Å²) in [5, 5.41) is 7.07. The van der Waals surface area contributed by atoms with E-state index in [-0.39, 0.29) is 11.5 Å². The Labute approximate surface area is 119 Å². The van der Waals surface area contributed by atoms with Gasteiger partial charge < -0.3 is 15.0 Å². The molecule has 1 N–H and O–H groups in total. The maximum Gasteiger partial charge on any atom is 0.410 e. The predicted molar refractivity (Wildman–Crippen MR) is 75.2 cm³/mol. The molecule has 2 unspecified atom stereocenters. The molecule has 0 radical (unpaired) electrons. The van der Waals surface area contributed by atoms with Crippen molar-refractivity contribution in [1.29, 1.82) is 0 Å². The van der Waals surface area contributed by atoms with Crippen LogP contribution in [0.15, 0.2) is 5.11 Å². The highest BCUT2D eigenvalue weighted by Crippen LogP contribution is 2.41. The standard InChI is InChI=1S/C13H23N5O2/c1-12(2,3)20-11(19)18-5-4-13(9-18)8-15-6-10(13)7-16-17-14/h10,15H,4-9H2,1-3H3. The summed E-state index contributed by atoms with van der Waals surface area (Å²) in [5.41, 5.74) is 8.04. The molecule has 2 fully saturated rings. The number of rotatable bonds is 2. The molecule has 20 heavy (non-hydrogen) atoms. The summed E-state index contributed by atoms with van der Waals surface area (Å²) in [5.74, 6) is 0.297. The zero-order chi connectivity index (χ0) is 14.8. The van der Waals surface area contributed by atoms with E-state index in [1.165, 1.54) is 0 Å². The van der Waals surface area contributed by atoms with Crippen LogP contribution in [0.1, 0.15) is 27.2 Å². The molecule has 2 aliphatic heterocycles. The van der Waals surface area contributed by atoms with Crippen LogP contribution in [-0.4, -0.2) is 49.3 Å². The molecule has 0 aromatic rings. The second-order valence-corrected chi connectivity index (χ2v) is 6.76. The molecule has 2 aliphatic rings. The Kier molecular flexibility index (Phi) is 4.11. The first-order chi connectivity index (χ1) is 9.36. The molecule has 112 valence electrons. The van der Waals surface area contributed by atoms with Crippen molar-refractivity contribution in [2.24, 2.45) is 16.4 Å². The normalized spacial score (nSPS) is 29.6. The Hall–Kier alpha value is -1.46. The van der Waals surface area contributed by atoms with Crippen LogP contribution in [0.4, 0.5) is 4.79 Å². The first kappa shape index (κ1) is 14.9. The van der Waals surface area contributed by atoms with Crippen molar-refractivity contribution in [2.75, 3.05) is 32.7 Å². The van der Waals surface area contributed by atoms with Crippen LogP contribution in [0, 0.1) is 11.3 Å². The van der Waals surface area contributed by atoms with E-state index >= 15 is 0 Å². The number of likely N-dealkylation sites (tertiary alicyclic amines) is 1. The molecule has 2 saturated heterocycles. The highest BCUT2D eigenvalue weighted by Gasteiger charge is 2.48. The van der Waals surface area contributed by atoms with Crippen LogP contribution >= 0.6 is 0 Å². The van der Waals surface area contributed by atoms with E-state index in [4.69, 9.17) is 10.3 Å². The molecule has 0 saturated carbocycles. The fourth-order valence-corrected chi connectivity index (χ4v) is 3.11. The van der Waals surface area contributed by atoms with E-state index in [9.17, 15) is 4.79 Å². The van der Waals surface area contributed by atoms with Gasteiger partial charge in [0.05, 0.1) is 0 Å². The van der Waals surface area contributed by atoms with Crippen LogP contribution in [0.3, 0.4) is 0 Å². The number of carbonyl (C=O) groups is 1. The topological polar surface area (TPSA) is 90.3 Å². The maximum atomic E-state index is 12.1. The van der Waals surface area contributed by atoms with Gasteiger partial charge in [0, 0.05) is 36.5 Å². The third-order valence-corrected chi connectivity index (χ3v) is 4.14. The minimum Gasteiger partial charge on any atom is -0.444 e. The zero-order valence-electron chi connectivity index (χ0n) is 12.4. The van der Waals surface area contributed by atoms with Gasteiger partial charge in [-0.1, -0.05) is 5.11 Å². The van der Waals surface area contributed by atoms with Crippen LogP contribution in [0.25, 0.3) is 10.4 Å². The first-order valence-electron chi connectivity index (χ1n) is 7.06. The highest BCUT2D eigenvalue weighted by atomic mass is 16.6. The van der Waals surface area contributed by atoms with E-state index in [1.54, 1.807) is 4.90 Å². The number of hydrogen-bond donors (Lipinski definition) is 1. The predicted octanol–water partition coefficient (Wildman–Crippen LogP) is 2.14. The molecule has 0 aromatic carbocycles. The Balaban J connectivity index is 2.00. The Morgan fingerprint density at radius 2 is 2.35 bits per heavy atom. The summed E-state index contributed by atoms with van der Waals surface area (Å²) >= 11 is 0. The first-order valence-corrected chi connectivity index (χ1v) is 7.06. The molecule has 7 heteroatoms. The van der Waals surface area contributed by atoms with Gasteiger partial charge in [-0.2, -0.15) is 0 Å². The quantitative estimate of drug-likeness (QED) is 0.477. The number of azide groups is 1. The third-order valence-electron chi connectivity index (χ3n) is 4.14. The lowest BCUT2D eigenvalue weighted by Gasteiger charge is -2.30. The summed E-state index contributed by atoms with van der Waals surface area (Å²) in [7, 11) is 0. The van der Waals surface area contributed by atoms with E-state index in [0.717, 1.165) is 19.5 Å². The molecule has 0 aromatic heterocycles. The van der Waals surface area contributed by atoms with E-state index in [1.807, 2.05) is 20.8 Å². The monoisotopic (exact) mass is 281 g/mol. The highest BCUT2D eigenvalue weighted by molar-refractivity contribution is 5.68. The number of nitrogens with one attached hydrogen (secondary N) is 1. The fraction of sp³-hybridized carbons (Fsp3) is 0.923. The maximum absolute atomic E-state index is 12.1. The molecular weight excluding hydrogens is 258 g/mol. The lowest BCUT2D eigenvalue weighted by molar-refractivity contribution is 0.0268.